The first-order chi connectivity index (χ1) is 16.1. The molecular formula is C26H34N2O4S. The molecule has 7 heteroatoms. The van der Waals surface area contributed by atoms with Gasteiger partial charge in [-0.2, -0.15) is 0 Å². The summed E-state index contributed by atoms with van der Waals surface area (Å²) in [5.74, 6) is 2.90. The molecule has 0 saturated heterocycles. The topological polar surface area (TPSA) is 52.2 Å². The maximum absolute atomic E-state index is 6.30. The Balaban J connectivity index is 1.62. The van der Waals surface area contributed by atoms with Crippen LogP contribution in [-0.2, 0) is 6.42 Å². The van der Waals surface area contributed by atoms with Crippen LogP contribution in [0.3, 0.4) is 0 Å². The van der Waals surface area contributed by atoms with Crippen LogP contribution in [0.4, 0.5) is 0 Å². The molecule has 1 fully saturated rings. The molecule has 1 atom stereocenters. The van der Waals surface area contributed by atoms with E-state index in [0.717, 1.165) is 40.9 Å². The lowest BCUT2D eigenvalue weighted by molar-refractivity contribution is 0.181. The zero-order valence-corrected chi connectivity index (χ0v) is 20.6. The smallest absolute Gasteiger partial charge is 0.169 e. The summed E-state index contributed by atoms with van der Waals surface area (Å²) >= 11 is 5.93. The summed E-state index contributed by atoms with van der Waals surface area (Å²) in [4.78, 5) is 2.27. The van der Waals surface area contributed by atoms with Crippen molar-refractivity contribution in [1.29, 1.82) is 0 Å². The molecule has 1 heterocycles. The van der Waals surface area contributed by atoms with Crippen LogP contribution in [0.5, 0.6) is 23.0 Å². The van der Waals surface area contributed by atoms with Gasteiger partial charge in [-0.3, -0.25) is 0 Å². The number of rotatable bonds is 7. The SMILES string of the molecule is COc1cc2c(cc1OC)[C@H](COc1ccccc1OC)N(C(=S)NC1CCCCC1)CC2. The fraction of sp³-hybridized carbons (Fsp3) is 0.500. The Morgan fingerprint density at radius 3 is 2.30 bits per heavy atom. The molecule has 2 aromatic rings. The second-order valence-corrected chi connectivity index (χ2v) is 9.00. The molecule has 0 aromatic heterocycles. The molecule has 1 N–H and O–H groups in total. The van der Waals surface area contributed by atoms with Gasteiger partial charge in [0.1, 0.15) is 6.61 Å². The van der Waals surface area contributed by atoms with E-state index in [1.54, 1.807) is 21.3 Å². The third kappa shape index (κ3) is 5.29. The molecule has 2 aromatic carbocycles. The van der Waals surface area contributed by atoms with Gasteiger partial charge in [0, 0.05) is 12.6 Å². The van der Waals surface area contributed by atoms with Crippen LogP contribution in [-0.4, -0.2) is 50.5 Å². The lowest BCUT2D eigenvalue weighted by Gasteiger charge is -2.40. The lowest BCUT2D eigenvalue weighted by atomic mass is 9.92. The van der Waals surface area contributed by atoms with Crippen LogP contribution in [0.25, 0.3) is 0 Å². The van der Waals surface area contributed by atoms with Crippen LogP contribution >= 0.6 is 12.2 Å². The minimum Gasteiger partial charge on any atom is -0.493 e. The Hall–Kier alpha value is -2.67. The number of nitrogens with zero attached hydrogens (tertiary/aromatic N) is 1. The van der Waals surface area contributed by atoms with Crippen molar-refractivity contribution in [3.8, 4) is 23.0 Å². The summed E-state index contributed by atoms with van der Waals surface area (Å²) in [6.07, 6.45) is 7.09. The van der Waals surface area contributed by atoms with Crippen molar-refractivity contribution < 1.29 is 18.9 Å². The van der Waals surface area contributed by atoms with E-state index < -0.39 is 0 Å². The number of nitrogens with one attached hydrogen (secondary N) is 1. The molecule has 1 aliphatic carbocycles. The van der Waals surface area contributed by atoms with Crippen molar-refractivity contribution in [3.05, 3.63) is 47.5 Å². The summed E-state index contributed by atoms with van der Waals surface area (Å²) in [5.41, 5.74) is 2.39. The summed E-state index contributed by atoms with van der Waals surface area (Å²) in [6.45, 7) is 1.26. The monoisotopic (exact) mass is 470 g/mol. The van der Waals surface area contributed by atoms with E-state index in [-0.39, 0.29) is 6.04 Å². The lowest BCUT2D eigenvalue weighted by Crippen LogP contribution is -2.50. The molecule has 0 bridgehead atoms. The van der Waals surface area contributed by atoms with E-state index in [2.05, 4.69) is 22.3 Å². The van der Waals surface area contributed by atoms with Gasteiger partial charge in [-0.15, -0.1) is 0 Å². The predicted octanol–water partition coefficient (Wildman–Crippen LogP) is 4.90. The highest BCUT2D eigenvalue weighted by molar-refractivity contribution is 7.80. The van der Waals surface area contributed by atoms with Crippen molar-refractivity contribution in [2.24, 2.45) is 0 Å². The minimum atomic E-state index is -0.0536. The standard InChI is InChI=1S/C26H34N2O4S/c1-29-22-11-7-8-12-23(22)32-17-21-20-16-25(31-3)24(30-2)15-18(20)13-14-28(21)26(33)27-19-9-5-4-6-10-19/h7-8,11-12,15-16,19,21H,4-6,9-10,13-14,17H2,1-3H3,(H,27,33)/t21-/m0/s1. The second kappa shape index (κ2) is 11.0. The molecule has 0 radical (unpaired) electrons. The van der Waals surface area contributed by atoms with E-state index >= 15 is 0 Å². The summed E-state index contributed by atoms with van der Waals surface area (Å²) in [5, 5.41) is 4.44. The number of thiocarbonyl (C=S) groups is 1. The number of fused-ring (bicyclic) bond motifs is 1. The zero-order valence-electron chi connectivity index (χ0n) is 19.8. The quantitative estimate of drug-likeness (QED) is 0.578. The van der Waals surface area contributed by atoms with E-state index in [0.29, 0.717) is 18.4 Å². The average molecular weight is 471 g/mol. The van der Waals surface area contributed by atoms with Gasteiger partial charge < -0.3 is 29.2 Å². The van der Waals surface area contributed by atoms with Crippen molar-refractivity contribution in [1.82, 2.24) is 10.2 Å². The molecule has 178 valence electrons. The maximum Gasteiger partial charge on any atom is 0.169 e. The first-order valence-electron chi connectivity index (χ1n) is 11.7. The minimum absolute atomic E-state index is 0.0536. The molecule has 33 heavy (non-hydrogen) atoms. The Labute approximate surface area is 202 Å². The summed E-state index contributed by atoms with van der Waals surface area (Å²) in [6, 6.07) is 12.3. The Morgan fingerprint density at radius 2 is 1.61 bits per heavy atom. The molecule has 0 unspecified atom stereocenters. The summed E-state index contributed by atoms with van der Waals surface area (Å²) in [7, 11) is 5.00. The fourth-order valence-electron chi connectivity index (χ4n) is 4.86. The van der Waals surface area contributed by atoms with Crippen LogP contribution in [0, 0.1) is 0 Å². The van der Waals surface area contributed by atoms with E-state index in [9.17, 15) is 0 Å². The Morgan fingerprint density at radius 1 is 0.939 bits per heavy atom. The maximum atomic E-state index is 6.30. The van der Waals surface area contributed by atoms with Crippen molar-refractivity contribution in [2.45, 2.75) is 50.6 Å². The van der Waals surface area contributed by atoms with Crippen molar-refractivity contribution in [2.75, 3.05) is 34.5 Å². The third-order valence-electron chi connectivity index (χ3n) is 6.66. The number of benzene rings is 2. The molecule has 1 saturated carbocycles. The van der Waals surface area contributed by atoms with Crippen LogP contribution in [0.2, 0.25) is 0 Å². The average Bonchev–Trinajstić information content (AvgIpc) is 2.86. The van der Waals surface area contributed by atoms with Crippen LogP contribution in [0.15, 0.2) is 36.4 Å². The van der Waals surface area contributed by atoms with E-state index in [4.69, 9.17) is 31.2 Å². The van der Waals surface area contributed by atoms with Crippen LogP contribution < -0.4 is 24.3 Å². The van der Waals surface area contributed by atoms with E-state index in [1.165, 1.54) is 37.7 Å². The van der Waals surface area contributed by atoms with Gasteiger partial charge in [0.2, 0.25) is 0 Å². The predicted molar refractivity (Wildman–Crippen MR) is 134 cm³/mol. The van der Waals surface area contributed by atoms with Crippen molar-refractivity contribution in [3.63, 3.8) is 0 Å². The molecular weight excluding hydrogens is 436 g/mol. The van der Waals surface area contributed by atoms with Gasteiger partial charge in [-0.05, 0) is 66.9 Å². The number of ether oxygens (including phenoxy) is 4. The molecule has 2 aliphatic rings. The molecule has 0 amide bonds. The van der Waals surface area contributed by atoms with Gasteiger partial charge in [0.15, 0.2) is 28.1 Å². The van der Waals surface area contributed by atoms with Gasteiger partial charge in [0.25, 0.3) is 0 Å². The fourth-order valence-corrected chi connectivity index (χ4v) is 5.25. The Kier molecular flexibility index (Phi) is 7.81. The number of hydrogen-bond donors (Lipinski definition) is 1. The van der Waals surface area contributed by atoms with Crippen LogP contribution in [0.1, 0.15) is 49.3 Å². The summed E-state index contributed by atoms with van der Waals surface area (Å²) < 4.78 is 22.9. The first-order valence-corrected chi connectivity index (χ1v) is 12.1. The molecule has 0 spiro atoms. The highest BCUT2D eigenvalue weighted by Crippen LogP contribution is 2.39. The highest BCUT2D eigenvalue weighted by Gasteiger charge is 2.32. The van der Waals surface area contributed by atoms with Gasteiger partial charge in [-0.25, -0.2) is 0 Å². The largest absolute Gasteiger partial charge is 0.493 e. The van der Waals surface area contributed by atoms with Crippen molar-refractivity contribution >= 4 is 17.3 Å². The number of hydrogen-bond acceptors (Lipinski definition) is 5. The van der Waals surface area contributed by atoms with E-state index in [1.807, 2.05) is 24.3 Å². The zero-order chi connectivity index (χ0) is 23.2. The number of methoxy groups -OCH3 is 3. The van der Waals surface area contributed by atoms with Gasteiger partial charge >= 0.3 is 0 Å². The third-order valence-corrected chi connectivity index (χ3v) is 7.01. The molecule has 4 rings (SSSR count). The Bertz CT molecular complexity index is 961. The second-order valence-electron chi connectivity index (χ2n) is 8.61. The van der Waals surface area contributed by atoms with Gasteiger partial charge in [0.05, 0.1) is 27.4 Å². The van der Waals surface area contributed by atoms with Gasteiger partial charge in [-0.1, -0.05) is 31.4 Å². The normalized spacial score (nSPS) is 18.3. The molecule has 6 nitrogen and oxygen atoms in total. The number of para-hydroxylation sites is 2. The molecule has 1 aliphatic heterocycles. The first kappa shape index (κ1) is 23.5. The highest BCUT2D eigenvalue weighted by atomic mass is 32.1.